The summed E-state index contributed by atoms with van der Waals surface area (Å²) in [7, 11) is -3.30. The minimum Gasteiger partial charge on any atom is -0.373 e. The van der Waals surface area contributed by atoms with Gasteiger partial charge in [-0.15, -0.1) is 11.3 Å². The van der Waals surface area contributed by atoms with Crippen molar-refractivity contribution in [3.63, 3.8) is 0 Å². The monoisotopic (exact) mass is 543 g/mol. The third-order valence-electron chi connectivity index (χ3n) is 5.77. The van der Waals surface area contributed by atoms with E-state index in [0.29, 0.717) is 17.3 Å². The Kier molecular flexibility index (Phi) is 8.32. The zero-order valence-corrected chi connectivity index (χ0v) is 22.9. The number of ether oxygens (including phenoxy) is 1. The first kappa shape index (κ1) is 26.6. The zero-order valence-electron chi connectivity index (χ0n) is 20.5. The molecule has 1 aromatic heterocycles. The predicted octanol–water partition coefficient (Wildman–Crippen LogP) is 6.05. The van der Waals surface area contributed by atoms with Gasteiger partial charge in [0.1, 0.15) is 0 Å². The molecule has 1 saturated heterocycles. The van der Waals surface area contributed by atoms with Crippen LogP contribution in [0, 0.1) is 5.41 Å². The summed E-state index contributed by atoms with van der Waals surface area (Å²) in [4.78, 5) is 4.38. The van der Waals surface area contributed by atoms with Crippen LogP contribution in [0.2, 0.25) is 5.02 Å². The molecule has 2 heterocycles. The first-order valence-electron chi connectivity index (χ1n) is 11.7. The molecule has 0 amide bonds. The molecular formula is C27H30ClN3O3S2. The number of morpholine rings is 1. The fraction of sp³-hybridized carbons (Fsp3) is 0.296. The van der Waals surface area contributed by atoms with E-state index in [4.69, 9.17) is 21.7 Å². The Morgan fingerprint density at radius 1 is 1.14 bits per heavy atom. The standard InChI is InChI=1S/C27H30ClN3O3S2/c1-18-15-31(16-19(2)34-18)17-21(29)14-25(30-24-10-5-4-9-23(24)28)27-12-11-26(35-27)20-7-6-8-22(13-20)36(3,32)33/h4-14,18-19,29-30H,15-17H2,1-3H3/b25-14-,29-21?. The van der Waals surface area contributed by atoms with E-state index in [2.05, 4.69) is 24.1 Å². The van der Waals surface area contributed by atoms with Crippen LogP contribution in [0.1, 0.15) is 18.7 Å². The van der Waals surface area contributed by atoms with Gasteiger partial charge in [-0.3, -0.25) is 4.90 Å². The highest BCUT2D eigenvalue weighted by atomic mass is 35.5. The predicted molar refractivity (Wildman–Crippen MR) is 150 cm³/mol. The van der Waals surface area contributed by atoms with Crippen molar-refractivity contribution in [1.82, 2.24) is 4.90 Å². The fourth-order valence-electron chi connectivity index (χ4n) is 4.27. The first-order valence-corrected chi connectivity index (χ1v) is 14.8. The molecule has 9 heteroatoms. The molecule has 1 aliphatic rings. The van der Waals surface area contributed by atoms with Crippen LogP contribution in [-0.4, -0.2) is 57.1 Å². The van der Waals surface area contributed by atoms with Crippen LogP contribution in [-0.2, 0) is 14.6 Å². The Bertz CT molecular complexity index is 1370. The van der Waals surface area contributed by atoms with Crippen LogP contribution in [0.4, 0.5) is 5.69 Å². The van der Waals surface area contributed by atoms with E-state index < -0.39 is 9.84 Å². The van der Waals surface area contributed by atoms with Crippen molar-refractivity contribution in [2.45, 2.75) is 31.0 Å². The van der Waals surface area contributed by atoms with Crippen molar-refractivity contribution >= 4 is 49.9 Å². The number of rotatable bonds is 8. The summed E-state index contributed by atoms with van der Waals surface area (Å²) >= 11 is 7.95. The fourth-order valence-corrected chi connectivity index (χ4v) is 6.09. The summed E-state index contributed by atoms with van der Waals surface area (Å²) in [6.45, 7) is 6.19. The van der Waals surface area contributed by atoms with Crippen LogP contribution in [0.3, 0.4) is 0 Å². The van der Waals surface area contributed by atoms with E-state index in [1.54, 1.807) is 18.2 Å². The van der Waals surface area contributed by atoms with Crippen molar-refractivity contribution in [3.8, 4) is 10.4 Å². The summed E-state index contributed by atoms with van der Waals surface area (Å²) in [6.07, 6.45) is 3.32. The maximum Gasteiger partial charge on any atom is 0.175 e. The minimum absolute atomic E-state index is 0.133. The molecule has 6 nitrogen and oxygen atoms in total. The molecule has 0 aliphatic carbocycles. The number of benzene rings is 2. The highest BCUT2D eigenvalue weighted by Gasteiger charge is 2.22. The normalized spacial score (nSPS) is 19.3. The number of sulfone groups is 1. The second-order valence-electron chi connectivity index (χ2n) is 9.10. The lowest BCUT2D eigenvalue weighted by atomic mass is 10.1. The van der Waals surface area contributed by atoms with Gasteiger partial charge in [-0.25, -0.2) is 8.42 Å². The highest BCUT2D eigenvalue weighted by molar-refractivity contribution is 7.90. The minimum atomic E-state index is -3.30. The van der Waals surface area contributed by atoms with Crippen LogP contribution >= 0.6 is 22.9 Å². The van der Waals surface area contributed by atoms with Gasteiger partial charge in [0.2, 0.25) is 0 Å². The van der Waals surface area contributed by atoms with Gasteiger partial charge in [-0.05, 0) is 61.9 Å². The van der Waals surface area contributed by atoms with Gasteiger partial charge >= 0.3 is 0 Å². The Hall–Kier alpha value is -2.49. The zero-order chi connectivity index (χ0) is 25.9. The van der Waals surface area contributed by atoms with Crippen molar-refractivity contribution < 1.29 is 13.2 Å². The van der Waals surface area contributed by atoms with Gasteiger partial charge in [-0.2, -0.15) is 0 Å². The summed E-state index contributed by atoms with van der Waals surface area (Å²) in [5, 5.41) is 12.7. The number of halogens is 1. The molecule has 36 heavy (non-hydrogen) atoms. The Morgan fingerprint density at radius 2 is 1.86 bits per heavy atom. The quantitative estimate of drug-likeness (QED) is 0.338. The first-order chi connectivity index (χ1) is 17.1. The van der Waals surface area contributed by atoms with E-state index in [1.165, 1.54) is 17.6 Å². The van der Waals surface area contributed by atoms with Crippen LogP contribution in [0.25, 0.3) is 16.1 Å². The maximum absolute atomic E-state index is 12.0. The number of para-hydroxylation sites is 1. The van der Waals surface area contributed by atoms with E-state index in [0.717, 1.165) is 39.8 Å². The smallest absolute Gasteiger partial charge is 0.175 e. The third-order valence-corrected chi connectivity index (χ3v) is 8.38. The molecule has 190 valence electrons. The lowest BCUT2D eigenvalue weighted by molar-refractivity contribution is -0.0634. The van der Waals surface area contributed by atoms with E-state index in [-0.39, 0.29) is 17.1 Å². The van der Waals surface area contributed by atoms with Gasteiger partial charge in [0.15, 0.2) is 9.84 Å². The average molecular weight is 544 g/mol. The van der Waals surface area contributed by atoms with E-state index in [9.17, 15) is 8.42 Å². The Balaban J connectivity index is 1.64. The molecule has 2 unspecified atom stereocenters. The molecule has 0 bridgehead atoms. The number of thiophene rings is 1. The molecule has 1 aliphatic heterocycles. The number of hydrogen-bond donors (Lipinski definition) is 2. The van der Waals surface area contributed by atoms with Gasteiger partial charge in [0.25, 0.3) is 0 Å². The largest absolute Gasteiger partial charge is 0.373 e. The number of anilines is 1. The van der Waals surface area contributed by atoms with Gasteiger partial charge in [0.05, 0.1) is 38.4 Å². The molecule has 2 aromatic carbocycles. The van der Waals surface area contributed by atoms with Crippen molar-refractivity contribution in [2.75, 3.05) is 31.2 Å². The summed E-state index contributed by atoms with van der Waals surface area (Å²) in [5.74, 6) is 0. The highest BCUT2D eigenvalue weighted by Crippen LogP contribution is 2.34. The molecule has 0 spiro atoms. The molecular weight excluding hydrogens is 514 g/mol. The van der Waals surface area contributed by atoms with Gasteiger partial charge < -0.3 is 15.5 Å². The molecule has 2 atom stereocenters. The van der Waals surface area contributed by atoms with Crippen molar-refractivity contribution in [2.24, 2.45) is 0 Å². The molecule has 3 aromatic rings. The van der Waals surface area contributed by atoms with Crippen molar-refractivity contribution in [1.29, 1.82) is 5.41 Å². The summed E-state index contributed by atoms with van der Waals surface area (Å²) in [5.41, 5.74) is 2.82. The SMILES string of the molecule is CC1CN(CC(=N)/C=C(\Nc2ccccc2Cl)c2ccc(-c3cccc(S(C)(=O)=O)c3)s2)CC(C)O1. The molecule has 0 radical (unpaired) electrons. The van der Waals surface area contributed by atoms with Gasteiger partial charge in [-0.1, -0.05) is 35.9 Å². The Labute approximate surface area is 222 Å². The number of nitrogens with one attached hydrogen (secondary N) is 2. The van der Waals surface area contributed by atoms with Crippen LogP contribution in [0.15, 0.2) is 71.6 Å². The number of hydrogen-bond acceptors (Lipinski definition) is 7. The van der Waals surface area contributed by atoms with Crippen LogP contribution in [0.5, 0.6) is 0 Å². The second-order valence-corrected chi connectivity index (χ2v) is 12.6. The van der Waals surface area contributed by atoms with Gasteiger partial charge in [0, 0.05) is 36.5 Å². The molecule has 0 saturated carbocycles. The third kappa shape index (κ3) is 6.83. The summed E-state index contributed by atoms with van der Waals surface area (Å²) < 4.78 is 29.9. The lowest BCUT2D eigenvalue weighted by Gasteiger charge is -2.35. The maximum atomic E-state index is 12.0. The molecule has 1 fully saturated rings. The van der Waals surface area contributed by atoms with E-state index in [1.807, 2.05) is 48.5 Å². The van der Waals surface area contributed by atoms with Crippen LogP contribution < -0.4 is 5.32 Å². The van der Waals surface area contributed by atoms with Crippen molar-refractivity contribution in [3.05, 3.63) is 76.6 Å². The molecule has 4 rings (SSSR count). The molecule has 2 N–H and O–H groups in total. The Morgan fingerprint density at radius 3 is 2.56 bits per heavy atom. The summed E-state index contributed by atoms with van der Waals surface area (Å²) in [6, 6.07) is 18.4. The average Bonchev–Trinajstić information content (AvgIpc) is 3.29. The van der Waals surface area contributed by atoms with E-state index >= 15 is 0 Å². The second kappa shape index (κ2) is 11.3. The number of nitrogens with zero attached hydrogens (tertiary/aromatic N) is 1. The lowest BCUT2D eigenvalue weighted by Crippen LogP contribution is -2.47. The topological polar surface area (TPSA) is 82.5 Å².